The van der Waals surface area contributed by atoms with Crippen molar-refractivity contribution in [3.05, 3.63) is 28.8 Å². The van der Waals surface area contributed by atoms with E-state index in [1.54, 1.807) is 0 Å². The quantitative estimate of drug-likeness (QED) is 0.882. The van der Waals surface area contributed by atoms with E-state index in [4.69, 9.17) is 11.6 Å². The molecule has 0 bridgehead atoms. The van der Waals surface area contributed by atoms with E-state index in [0.29, 0.717) is 12.5 Å². The number of halogens is 4. The van der Waals surface area contributed by atoms with Crippen LogP contribution in [0.1, 0.15) is 38.2 Å². The Labute approximate surface area is 132 Å². The summed E-state index contributed by atoms with van der Waals surface area (Å²) in [6.07, 6.45) is -1.12. The Kier molecular flexibility index (Phi) is 5.09. The zero-order valence-corrected chi connectivity index (χ0v) is 13.5. The van der Waals surface area contributed by atoms with Crippen molar-refractivity contribution in [2.75, 3.05) is 0 Å². The number of nitrogens with one attached hydrogen (secondary N) is 1. The SMILES string of the molecule is C[C@H]1CCCC[C@H]1NS(=O)(=O)c1cc(C(F)(F)F)ccc1Cl. The van der Waals surface area contributed by atoms with E-state index in [0.717, 1.165) is 31.4 Å². The predicted molar refractivity (Wildman–Crippen MR) is 78.2 cm³/mol. The van der Waals surface area contributed by atoms with Crippen LogP contribution in [0.2, 0.25) is 5.02 Å². The number of hydrogen-bond acceptors (Lipinski definition) is 2. The van der Waals surface area contributed by atoms with Gasteiger partial charge in [-0.1, -0.05) is 31.4 Å². The van der Waals surface area contributed by atoms with Crippen molar-refractivity contribution in [2.24, 2.45) is 5.92 Å². The van der Waals surface area contributed by atoms with Crippen LogP contribution in [0.4, 0.5) is 13.2 Å². The Morgan fingerprint density at radius 3 is 2.45 bits per heavy atom. The summed E-state index contributed by atoms with van der Waals surface area (Å²) in [5, 5.41) is -0.219. The Balaban J connectivity index is 2.32. The van der Waals surface area contributed by atoms with Gasteiger partial charge in [-0.25, -0.2) is 13.1 Å². The number of benzene rings is 1. The first-order valence-corrected chi connectivity index (χ1v) is 8.86. The van der Waals surface area contributed by atoms with Gasteiger partial charge in [-0.15, -0.1) is 0 Å². The Hall–Kier alpha value is -0.790. The highest BCUT2D eigenvalue weighted by atomic mass is 35.5. The lowest BCUT2D eigenvalue weighted by atomic mass is 9.87. The zero-order valence-electron chi connectivity index (χ0n) is 12.0. The maximum absolute atomic E-state index is 12.8. The van der Waals surface area contributed by atoms with Gasteiger partial charge in [-0.05, 0) is 37.0 Å². The van der Waals surface area contributed by atoms with Gasteiger partial charge in [0, 0.05) is 6.04 Å². The van der Waals surface area contributed by atoms with Gasteiger partial charge in [-0.2, -0.15) is 13.2 Å². The molecule has 2 rings (SSSR count). The van der Waals surface area contributed by atoms with Crippen LogP contribution < -0.4 is 4.72 Å². The minimum absolute atomic E-state index is 0.146. The highest BCUT2D eigenvalue weighted by Crippen LogP contribution is 2.34. The van der Waals surface area contributed by atoms with Crippen LogP contribution in [0.25, 0.3) is 0 Å². The highest BCUT2D eigenvalue weighted by molar-refractivity contribution is 7.89. The normalized spacial score (nSPS) is 23.5. The summed E-state index contributed by atoms with van der Waals surface area (Å²) in [6.45, 7) is 1.93. The second-order valence-corrected chi connectivity index (χ2v) is 7.72. The minimum atomic E-state index is -4.62. The van der Waals surface area contributed by atoms with Crippen LogP contribution in [0, 0.1) is 5.92 Å². The molecule has 3 nitrogen and oxygen atoms in total. The standard InChI is InChI=1S/C14H17ClF3NO2S/c1-9-4-2-3-5-12(9)19-22(20,21)13-8-10(14(16,17)18)6-7-11(13)15/h6-9,12,19H,2-5H2,1H3/t9-,12+/m0/s1. The molecule has 0 spiro atoms. The number of sulfonamides is 1. The molecule has 0 radical (unpaired) electrons. The molecule has 0 heterocycles. The third-order valence-corrected chi connectivity index (χ3v) is 5.94. The molecule has 1 aromatic rings. The molecular weight excluding hydrogens is 339 g/mol. The molecule has 2 atom stereocenters. The van der Waals surface area contributed by atoms with Gasteiger partial charge in [0.05, 0.1) is 10.6 Å². The molecule has 0 saturated heterocycles. The molecule has 0 aromatic heterocycles. The van der Waals surface area contributed by atoms with Gasteiger partial charge in [0.25, 0.3) is 0 Å². The van der Waals surface area contributed by atoms with E-state index in [2.05, 4.69) is 4.72 Å². The van der Waals surface area contributed by atoms with Crippen LogP contribution in [0.3, 0.4) is 0 Å². The first-order valence-electron chi connectivity index (χ1n) is 7.00. The summed E-state index contributed by atoms with van der Waals surface area (Å²) in [5.74, 6) is 0.146. The molecule has 124 valence electrons. The first-order chi connectivity index (χ1) is 10.1. The van der Waals surface area contributed by atoms with Gasteiger partial charge in [-0.3, -0.25) is 0 Å². The number of hydrogen-bond donors (Lipinski definition) is 1. The molecule has 1 N–H and O–H groups in total. The molecule has 8 heteroatoms. The monoisotopic (exact) mass is 355 g/mol. The summed E-state index contributed by atoms with van der Waals surface area (Å²) in [7, 11) is -4.09. The Bertz CT molecular complexity index is 646. The molecule has 0 unspecified atom stereocenters. The van der Waals surface area contributed by atoms with Gasteiger partial charge < -0.3 is 0 Å². The largest absolute Gasteiger partial charge is 0.416 e. The summed E-state index contributed by atoms with van der Waals surface area (Å²) in [5.41, 5.74) is -1.03. The lowest BCUT2D eigenvalue weighted by Gasteiger charge is -2.29. The molecule has 1 fully saturated rings. The van der Waals surface area contributed by atoms with Crippen LogP contribution in [0.5, 0.6) is 0 Å². The lowest BCUT2D eigenvalue weighted by Crippen LogP contribution is -2.41. The third kappa shape index (κ3) is 3.94. The second-order valence-electron chi connectivity index (χ2n) is 5.63. The Morgan fingerprint density at radius 2 is 1.86 bits per heavy atom. The maximum atomic E-state index is 12.8. The van der Waals surface area contributed by atoms with Crippen LogP contribution in [-0.2, 0) is 16.2 Å². The van der Waals surface area contributed by atoms with Gasteiger partial charge in [0.1, 0.15) is 4.90 Å². The van der Waals surface area contributed by atoms with E-state index in [-0.39, 0.29) is 17.0 Å². The Morgan fingerprint density at radius 1 is 1.23 bits per heavy atom. The van der Waals surface area contributed by atoms with Crippen molar-refractivity contribution in [1.29, 1.82) is 0 Å². The van der Waals surface area contributed by atoms with E-state index in [9.17, 15) is 21.6 Å². The molecule has 1 aliphatic carbocycles. The fraction of sp³-hybridized carbons (Fsp3) is 0.571. The van der Waals surface area contributed by atoms with Crippen molar-refractivity contribution >= 4 is 21.6 Å². The summed E-state index contributed by atoms with van der Waals surface area (Å²) in [6, 6.07) is 2.04. The summed E-state index contributed by atoms with van der Waals surface area (Å²) in [4.78, 5) is -0.526. The van der Waals surface area contributed by atoms with Crippen molar-refractivity contribution in [3.8, 4) is 0 Å². The molecule has 0 amide bonds. The molecule has 0 aliphatic heterocycles. The highest BCUT2D eigenvalue weighted by Gasteiger charge is 2.34. The fourth-order valence-corrected chi connectivity index (χ4v) is 4.54. The number of rotatable bonds is 3. The average Bonchev–Trinajstić information content (AvgIpc) is 2.40. The van der Waals surface area contributed by atoms with E-state index in [1.165, 1.54) is 0 Å². The average molecular weight is 356 g/mol. The smallest absolute Gasteiger partial charge is 0.208 e. The van der Waals surface area contributed by atoms with Crippen LogP contribution in [0.15, 0.2) is 23.1 Å². The predicted octanol–water partition coefficient (Wildman–Crippen LogP) is 4.22. The van der Waals surface area contributed by atoms with Crippen molar-refractivity contribution in [3.63, 3.8) is 0 Å². The van der Waals surface area contributed by atoms with Crippen molar-refractivity contribution in [1.82, 2.24) is 4.72 Å². The lowest BCUT2D eigenvalue weighted by molar-refractivity contribution is -0.137. The first kappa shape index (κ1) is 17.6. The van der Waals surface area contributed by atoms with E-state index in [1.807, 2.05) is 6.92 Å². The third-order valence-electron chi connectivity index (χ3n) is 3.97. The second kappa shape index (κ2) is 6.37. The van der Waals surface area contributed by atoms with Crippen molar-refractivity contribution < 1.29 is 21.6 Å². The van der Waals surface area contributed by atoms with Gasteiger partial charge in [0.2, 0.25) is 10.0 Å². The summed E-state index contributed by atoms with van der Waals surface area (Å²) >= 11 is 5.80. The molecule has 22 heavy (non-hydrogen) atoms. The van der Waals surface area contributed by atoms with Gasteiger partial charge >= 0.3 is 6.18 Å². The molecule has 1 aromatic carbocycles. The minimum Gasteiger partial charge on any atom is -0.208 e. The number of alkyl halides is 3. The molecule has 1 aliphatic rings. The maximum Gasteiger partial charge on any atom is 0.416 e. The molecule has 1 saturated carbocycles. The molecular formula is C14H17ClF3NO2S. The van der Waals surface area contributed by atoms with E-state index < -0.39 is 26.7 Å². The van der Waals surface area contributed by atoms with Crippen LogP contribution in [-0.4, -0.2) is 14.5 Å². The van der Waals surface area contributed by atoms with Crippen LogP contribution >= 0.6 is 11.6 Å². The summed E-state index contributed by atoms with van der Waals surface area (Å²) < 4.78 is 65.5. The van der Waals surface area contributed by atoms with Gasteiger partial charge in [0.15, 0.2) is 0 Å². The zero-order chi connectivity index (χ0) is 16.5. The van der Waals surface area contributed by atoms with E-state index >= 15 is 0 Å². The fourth-order valence-electron chi connectivity index (χ4n) is 2.64. The van der Waals surface area contributed by atoms with Crippen molar-refractivity contribution in [2.45, 2.75) is 49.7 Å². The topological polar surface area (TPSA) is 46.2 Å².